The molecule has 0 saturated carbocycles. The highest BCUT2D eigenvalue weighted by Gasteiger charge is 2.40. The molecule has 0 radical (unpaired) electrons. The van der Waals surface area contributed by atoms with E-state index in [4.69, 9.17) is 11.5 Å². The van der Waals surface area contributed by atoms with E-state index in [1.54, 1.807) is 13.8 Å². The van der Waals surface area contributed by atoms with E-state index in [1.165, 1.54) is 6.92 Å². The van der Waals surface area contributed by atoms with Gasteiger partial charge < -0.3 is 37.2 Å². The van der Waals surface area contributed by atoms with Gasteiger partial charge in [-0.3, -0.25) is 19.2 Å². The van der Waals surface area contributed by atoms with E-state index in [2.05, 4.69) is 10.6 Å². The summed E-state index contributed by atoms with van der Waals surface area (Å²) in [6.07, 6.45) is -0.939. The number of likely N-dealkylation sites (tertiary alicyclic amines) is 1. The third kappa shape index (κ3) is 6.66. The fourth-order valence-corrected chi connectivity index (χ4v) is 3.20. The van der Waals surface area contributed by atoms with E-state index in [0.29, 0.717) is 6.42 Å². The fraction of sp³-hybridized carbons (Fsp3) is 0.722. The van der Waals surface area contributed by atoms with Gasteiger partial charge >= 0.3 is 5.97 Å². The van der Waals surface area contributed by atoms with Gasteiger partial charge in [-0.05, 0) is 25.7 Å². The smallest absolute Gasteiger partial charge is 0.326 e. The first-order valence-corrected chi connectivity index (χ1v) is 9.72. The molecule has 1 fully saturated rings. The number of carboxylic acids is 1. The van der Waals surface area contributed by atoms with Gasteiger partial charge in [0, 0.05) is 6.54 Å². The van der Waals surface area contributed by atoms with Crippen molar-refractivity contribution in [2.24, 2.45) is 17.4 Å². The largest absolute Gasteiger partial charge is 0.480 e. The van der Waals surface area contributed by atoms with E-state index in [-0.39, 0.29) is 13.0 Å². The van der Waals surface area contributed by atoms with Crippen LogP contribution in [-0.4, -0.2) is 81.5 Å². The Bertz CT molecular complexity index is 682. The fourth-order valence-electron chi connectivity index (χ4n) is 3.20. The number of carboxylic acid groups (broad SMARTS) is 1. The molecule has 5 unspecified atom stereocenters. The Labute approximate surface area is 174 Å². The summed E-state index contributed by atoms with van der Waals surface area (Å²) in [5.41, 5.74) is 10.6. The number of amides is 4. The van der Waals surface area contributed by atoms with Crippen LogP contribution < -0.4 is 22.1 Å². The van der Waals surface area contributed by atoms with Crippen LogP contribution in [0, 0.1) is 5.92 Å². The lowest BCUT2D eigenvalue weighted by Gasteiger charge is -2.31. The summed E-state index contributed by atoms with van der Waals surface area (Å²) >= 11 is 0. The number of nitrogens with two attached hydrogens (primary N) is 2. The predicted octanol–water partition coefficient (Wildman–Crippen LogP) is -2.73. The van der Waals surface area contributed by atoms with Crippen LogP contribution in [0.2, 0.25) is 0 Å². The highest BCUT2D eigenvalue weighted by Crippen LogP contribution is 2.19. The average Bonchev–Trinajstić information content (AvgIpc) is 3.12. The molecular formula is C18H31N5O7. The van der Waals surface area contributed by atoms with Gasteiger partial charge in [-0.1, -0.05) is 13.8 Å². The number of nitrogens with one attached hydrogen (secondary N) is 2. The average molecular weight is 429 g/mol. The lowest BCUT2D eigenvalue weighted by Crippen LogP contribution is -2.61. The number of rotatable bonds is 10. The van der Waals surface area contributed by atoms with Gasteiger partial charge in [0.1, 0.15) is 18.1 Å². The van der Waals surface area contributed by atoms with Gasteiger partial charge in [0.2, 0.25) is 23.6 Å². The molecule has 1 heterocycles. The lowest BCUT2D eigenvalue weighted by atomic mass is 10.0. The van der Waals surface area contributed by atoms with Crippen molar-refractivity contribution in [2.45, 2.75) is 70.3 Å². The van der Waals surface area contributed by atoms with Crippen molar-refractivity contribution in [1.82, 2.24) is 15.5 Å². The molecule has 1 aliphatic rings. The molecule has 0 spiro atoms. The Morgan fingerprint density at radius 2 is 1.63 bits per heavy atom. The second-order valence-electron chi connectivity index (χ2n) is 7.76. The van der Waals surface area contributed by atoms with E-state index in [9.17, 15) is 34.2 Å². The molecule has 170 valence electrons. The van der Waals surface area contributed by atoms with Crippen molar-refractivity contribution in [3.05, 3.63) is 0 Å². The Hall–Kier alpha value is -2.73. The topological polar surface area (TPSA) is 205 Å². The predicted molar refractivity (Wildman–Crippen MR) is 105 cm³/mol. The molecule has 12 heteroatoms. The number of nitrogens with zero attached hydrogens (tertiary/aromatic N) is 1. The van der Waals surface area contributed by atoms with E-state index in [1.807, 2.05) is 0 Å². The summed E-state index contributed by atoms with van der Waals surface area (Å²) in [6.45, 7) is 4.77. The van der Waals surface area contributed by atoms with Gasteiger partial charge in [0.15, 0.2) is 0 Å². The van der Waals surface area contributed by atoms with Crippen molar-refractivity contribution in [3.8, 4) is 0 Å². The maximum atomic E-state index is 12.8. The van der Waals surface area contributed by atoms with Crippen LogP contribution >= 0.6 is 0 Å². The molecule has 12 nitrogen and oxygen atoms in total. The Morgan fingerprint density at radius 3 is 2.10 bits per heavy atom. The summed E-state index contributed by atoms with van der Waals surface area (Å²) in [4.78, 5) is 61.1. The van der Waals surface area contributed by atoms with Crippen molar-refractivity contribution in [2.75, 3.05) is 6.54 Å². The number of hydrogen-bond acceptors (Lipinski definition) is 7. The first-order chi connectivity index (χ1) is 13.9. The van der Waals surface area contributed by atoms with Crippen LogP contribution in [0.25, 0.3) is 0 Å². The van der Waals surface area contributed by atoms with Crippen LogP contribution in [0.4, 0.5) is 0 Å². The summed E-state index contributed by atoms with van der Waals surface area (Å²) in [6, 6.07) is -4.77. The molecule has 0 bridgehead atoms. The molecule has 0 aromatic rings. The van der Waals surface area contributed by atoms with Crippen molar-refractivity contribution in [3.63, 3.8) is 0 Å². The Morgan fingerprint density at radius 1 is 1.07 bits per heavy atom. The summed E-state index contributed by atoms with van der Waals surface area (Å²) in [5, 5.41) is 24.1. The second-order valence-corrected chi connectivity index (χ2v) is 7.76. The van der Waals surface area contributed by atoms with Crippen LogP contribution in [0.1, 0.15) is 40.0 Å². The van der Waals surface area contributed by atoms with Gasteiger partial charge in [-0.2, -0.15) is 0 Å². The first-order valence-electron chi connectivity index (χ1n) is 9.72. The Balaban J connectivity index is 2.93. The molecule has 0 aromatic carbocycles. The quantitative estimate of drug-likeness (QED) is 0.214. The molecular weight excluding hydrogens is 398 g/mol. The maximum absolute atomic E-state index is 12.8. The monoisotopic (exact) mass is 429 g/mol. The number of primary amides is 1. The number of carbonyl (C=O) groups is 5. The SMILES string of the molecule is CC(C)C(NC(=O)C(N)CC(N)=O)C(=O)NC(C(=O)N1CCCC1C(=O)O)C(C)O. The number of carbonyl (C=O) groups excluding carboxylic acids is 4. The molecule has 1 aliphatic heterocycles. The summed E-state index contributed by atoms with van der Waals surface area (Å²) < 4.78 is 0. The minimum atomic E-state index is -1.39. The zero-order valence-electron chi connectivity index (χ0n) is 17.3. The maximum Gasteiger partial charge on any atom is 0.326 e. The zero-order chi connectivity index (χ0) is 23.2. The molecule has 8 N–H and O–H groups in total. The molecule has 1 rings (SSSR count). The van der Waals surface area contributed by atoms with Gasteiger partial charge in [-0.15, -0.1) is 0 Å². The number of aliphatic carboxylic acids is 1. The number of hydrogen-bond donors (Lipinski definition) is 6. The summed E-state index contributed by atoms with van der Waals surface area (Å²) in [5.74, 6) is -4.60. The Kier molecular flexibility index (Phi) is 9.18. The van der Waals surface area contributed by atoms with E-state index >= 15 is 0 Å². The number of aliphatic hydroxyl groups is 1. The number of aliphatic hydroxyl groups excluding tert-OH is 1. The molecule has 1 saturated heterocycles. The van der Waals surface area contributed by atoms with E-state index < -0.39 is 72.2 Å². The van der Waals surface area contributed by atoms with Gasteiger partial charge in [0.05, 0.1) is 18.6 Å². The second kappa shape index (κ2) is 10.9. The van der Waals surface area contributed by atoms with Crippen molar-refractivity contribution in [1.29, 1.82) is 0 Å². The van der Waals surface area contributed by atoms with Crippen molar-refractivity contribution < 1.29 is 34.2 Å². The van der Waals surface area contributed by atoms with Gasteiger partial charge in [-0.25, -0.2) is 4.79 Å². The highest BCUT2D eigenvalue weighted by molar-refractivity contribution is 5.95. The molecule has 30 heavy (non-hydrogen) atoms. The van der Waals surface area contributed by atoms with Crippen molar-refractivity contribution >= 4 is 29.6 Å². The first kappa shape index (κ1) is 25.3. The van der Waals surface area contributed by atoms with Crippen LogP contribution in [0.5, 0.6) is 0 Å². The lowest BCUT2D eigenvalue weighted by molar-refractivity contribution is -0.150. The third-order valence-electron chi connectivity index (χ3n) is 4.87. The minimum absolute atomic E-state index is 0.196. The van der Waals surface area contributed by atoms with Crippen LogP contribution in [0.15, 0.2) is 0 Å². The normalized spacial score (nSPS) is 20.2. The molecule has 4 amide bonds. The zero-order valence-corrected chi connectivity index (χ0v) is 17.3. The molecule has 0 aliphatic carbocycles. The molecule has 0 aromatic heterocycles. The standard InChI is InChI=1S/C18H31N5O7/c1-8(2)13(21-15(26)10(19)7-12(20)25)16(27)22-14(9(3)24)17(28)23-6-4-5-11(23)18(29)30/h8-11,13-14,24H,4-7,19H2,1-3H3,(H2,20,25)(H,21,26)(H,22,27)(H,29,30). The highest BCUT2D eigenvalue weighted by atomic mass is 16.4. The third-order valence-corrected chi connectivity index (χ3v) is 4.87. The van der Waals surface area contributed by atoms with E-state index in [0.717, 1.165) is 4.90 Å². The molecule has 5 atom stereocenters. The van der Waals surface area contributed by atoms with Crippen LogP contribution in [-0.2, 0) is 24.0 Å². The van der Waals surface area contributed by atoms with Gasteiger partial charge in [0.25, 0.3) is 0 Å². The minimum Gasteiger partial charge on any atom is -0.480 e. The van der Waals surface area contributed by atoms with Crippen LogP contribution in [0.3, 0.4) is 0 Å². The summed E-state index contributed by atoms with van der Waals surface area (Å²) in [7, 11) is 0.